The molecule has 0 aromatic rings. The third-order valence-electron chi connectivity index (χ3n) is 3.25. The van der Waals surface area contributed by atoms with E-state index in [-0.39, 0.29) is 0 Å². The molecule has 1 aliphatic carbocycles. The van der Waals surface area contributed by atoms with Crippen molar-refractivity contribution in [1.29, 1.82) is 0 Å². The lowest BCUT2D eigenvalue weighted by atomic mass is 9.68. The number of alkyl halides is 1. The molecule has 3 atom stereocenters. The van der Waals surface area contributed by atoms with Crippen molar-refractivity contribution in [3.63, 3.8) is 0 Å². The number of hydrogen-bond acceptors (Lipinski definition) is 0. The Balaban J connectivity index is 2.63. The van der Waals surface area contributed by atoms with E-state index in [4.69, 9.17) is 0 Å². The minimum Gasteiger partial charge on any atom is -0.0820 e. The summed E-state index contributed by atoms with van der Waals surface area (Å²) < 4.78 is 0.881. The van der Waals surface area contributed by atoms with Gasteiger partial charge in [0.15, 0.2) is 0 Å². The van der Waals surface area contributed by atoms with Crippen LogP contribution in [0.1, 0.15) is 40.5 Å². The van der Waals surface area contributed by atoms with Gasteiger partial charge in [0.05, 0.1) is 0 Å². The van der Waals surface area contributed by atoms with E-state index < -0.39 is 0 Å². The zero-order valence-corrected chi connectivity index (χ0v) is 10.2. The first-order valence-corrected chi connectivity index (χ1v) is 5.82. The molecule has 0 nitrogen and oxygen atoms in total. The normalized spacial score (nSPS) is 43.9. The lowest BCUT2D eigenvalue weighted by molar-refractivity contribution is 0.155. The van der Waals surface area contributed by atoms with Gasteiger partial charge in [-0.3, -0.25) is 0 Å². The molecule has 1 unspecified atom stereocenters. The van der Waals surface area contributed by atoms with Crippen molar-refractivity contribution in [2.45, 2.75) is 44.5 Å². The first kappa shape index (κ1) is 9.82. The molecule has 0 saturated heterocycles. The van der Waals surface area contributed by atoms with Gasteiger partial charge in [-0.15, -0.1) is 0 Å². The molecule has 11 heavy (non-hydrogen) atoms. The van der Waals surface area contributed by atoms with Crippen molar-refractivity contribution in [3.05, 3.63) is 0 Å². The smallest absolute Gasteiger partial charge is 0.0163 e. The fraction of sp³-hybridized carbons (Fsp3) is 1.00. The largest absolute Gasteiger partial charge is 0.0820 e. The number of rotatable bonds is 0. The average molecular weight is 266 g/mol. The quantitative estimate of drug-likeness (QED) is 0.461. The number of halogens is 1. The van der Waals surface area contributed by atoms with E-state index in [1.54, 1.807) is 0 Å². The van der Waals surface area contributed by atoms with Crippen molar-refractivity contribution in [2.24, 2.45) is 17.3 Å². The van der Waals surface area contributed by atoms with Gasteiger partial charge in [-0.1, -0.05) is 50.3 Å². The summed E-state index contributed by atoms with van der Waals surface area (Å²) in [5, 5.41) is 0. The van der Waals surface area contributed by atoms with Crippen molar-refractivity contribution in [2.75, 3.05) is 0 Å². The van der Waals surface area contributed by atoms with Crippen LogP contribution in [0.5, 0.6) is 0 Å². The fourth-order valence-electron chi connectivity index (χ4n) is 2.04. The summed E-state index contributed by atoms with van der Waals surface area (Å²) >= 11 is 2.62. The lowest BCUT2D eigenvalue weighted by Crippen LogP contribution is -2.35. The molecule has 0 radical (unpaired) electrons. The van der Waals surface area contributed by atoms with Crippen LogP contribution in [-0.4, -0.2) is 3.92 Å². The SMILES string of the molecule is CC1CC(C)(C)[C@@H](I)C[C@H]1C. The van der Waals surface area contributed by atoms with Crippen LogP contribution >= 0.6 is 22.6 Å². The van der Waals surface area contributed by atoms with Crippen molar-refractivity contribution < 1.29 is 0 Å². The van der Waals surface area contributed by atoms with Gasteiger partial charge in [0.25, 0.3) is 0 Å². The van der Waals surface area contributed by atoms with E-state index in [1.165, 1.54) is 12.8 Å². The van der Waals surface area contributed by atoms with Crippen molar-refractivity contribution in [1.82, 2.24) is 0 Å². The summed E-state index contributed by atoms with van der Waals surface area (Å²) in [6.07, 6.45) is 2.82. The molecule has 0 heterocycles. The lowest BCUT2D eigenvalue weighted by Gasteiger charge is -2.42. The summed E-state index contributed by atoms with van der Waals surface area (Å²) in [6.45, 7) is 9.61. The average Bonchev–Trinajstić information content (AvgIpc) is 1.83. The highest BCUT2D eigenvalue weighted by Gasteiger charge is 2.36. The van der Waals surface area contributed by atoms with E-state index in [9.17, 15) is 0 Å². The second kappa shape index (κ2) is 3.23. The zero-order chi connectivity index (χ0) is 8.65. The Morgan fingerprint density at radius 3 is 2.18 bits per heavy atom. The van der Waals surface area contributed by atoms with Crippen molar-refractivity contribution in [3.8, 4) is 0 Å². The van der Waals surface area contributed by atoms with E-state index in [2.05, 4.69) is 50.3 Å². The van der Waals surface area contributed by atoms with Gasteiger partial charge in [-0.25, -0.2) is 0 Å². The van der Waals surface area contributed by atoms with Crippen LogP contribution in [0.3, 0.4) is 0 Å². The number of hydrogen-bond donors (Lipinski definition) is 0. The van der Waals surface area contributed by atoms with Crippen LogP contribution in [0.2, 0.25) is 0 Å². The van der Waals surface area contributed by atoms with Crippen LogP contribution in [0.25, 0.3) is 0 Å². The summed E-state index contributed by atoms with van der Waals surface area (Å²) in [6, 6.07) is 0. The van der Waals surface area contributed by atoms with Gasteiger partial charge >= 0.3 is 0 Å². The molecule has 66 valence electrons. The van der Waals surface area contributed by atoms with Crippen molar-refractivity contribution >= 4 is 22.6 Å². The molecule has 1 heteroatoms. The molecule has 0 bridgehead atoms. The zero-order valence-electron chi connectivity index (χ0n) is 8.02. The highest BCUT2D eigenvalue weighted by molar-refractivity contribution is 14.1. The summed E-state index contributed by atoms with van der Waals surface area (Å²) in [4.78, 5) is 0. The second-order valence-electron chi connectivity index (χ2n) is 4.85. The van der Waals surface area contributed by atoms with Crippen LogP contribution in [-0.2, 0) is 0 Å². The maximum atomic E-state index is 2.62. The monoisotopic (exact) mass is 266 g/mol. The molecule has 1 rings (SSSR count). The fourth-order valence-corrected chi connectivity index (χ4v) is 3.09. The Labute approximate surface area is 84.3 Å². The standard InChI is InChI=1S/C10H19I/c1-7-5-9(11)10(3,4)6-8(7)2/h7-9H,5-6H2,1-4H3/t7-,8?,9+/m1/s1. The molecule has 1 fully saturated rings. The van der Waals surface area contributed by atoms with Gasteiger partial charge in [0, 0.05) is 3.92 Å². The van der Waals surface area contributed by atoms with Gasteiger partial charge in [-0.2, -0.15) is 0 Å². The summed E-state index contributed by atoms with van der Waals surface area (Å²) in [5.74, 6) is 1.86. The Bertz CT molecular complexity index is 140. The summed E-state index contributed by atoms with van der Waals surface area (Å²) in [5.41, 5.74) is 0.576. The molecule has 1 aliphatic rings. The molecule has 0 spiro atoms. The molecule has 0 aliphatic heterocycles. The molecule has 0 N–H and O–H groups in total. The van der Waals surface area contributed by atoms with E-state index in [1.807, 2.05) is 0 Å². The third kappa shape index (κ3) is 2.10. The van der Waals surface area contributed by atoms with Gasteiger partial charge in [0.1, 0.15) is 0 Å². The maximum Gasteiger partial charge on any atom is 0.0163 e. The van der Waals surface area contributed by atoms with Crippen LogP contribution in [0.4, 0.5) is 0 Å². The Hall–Kier alpha value is 0.730. The van der Waals surface area contributed by atoms with Gasteiger partial charge in [0.2, 0.25) is 0 Å². The Morgan fingerprint density at radius 1 is 1.18 bits per heavy atom. The minimum absolute atomic E-state index is 0.576. The summed E-state index contributed by atoms with van der Waals surface area (Å²) in [7, 11) is 0. The molecule has 0 amide bonds. The molecule has 0 aromatic heterocycles. The molecular weight excluding hydrogens is 247 g/mol. The first-order valence-electron chi connectivity index (χ1n) is 4.57. The molecule has 0 aromatic carbocycles. The third-order valence-corrected chi connectivity index (χ3v) is 5.44. The van der Waals surface area contributed by atoms with E-state index in [0.29, 0.717) is 5.41 Å². The minimum atomic E-state index is 0.576. The van der Waals surface area contributed by atoms with Crippen LogP contribution in [0.15, 0.2) is 0 Å². The predicted octanol–water partition coefficient (Wildman–Crippen LogP) is 3.88. The second-order valence-corrected chi connectivity index (χ2v) is 6.35. The van der Waals surface area contributed by atoms with Gasteiger partial charge in [-0.05, 0) is 30.1 Å². The molecular formula is C10H19I. The topological polar surface area (TPSA) is 0 Å². The van der Waals surface area contributed by atoms with E-state index >= 15 is 0 Å². The predicted molar refractivity (Wildman–Crippen MR) is 59.2 cm³/mol. The van der Waals surface area contributed by atoms with Crippen LogP contribution < -0.4 is 0 Å². The first-order chi connectivity index (χ1) is 4.93. The Morgan fingerprint density at radius 2 is 1.73 bits per heavy atom. The highest BCUT2D eigenvalue weighted by Crippen LogP contribution is 2.45. The maximum absolute atomic E-state index is 2.62. The van der Waals surface area contributed by atoms with Crippen LogP contribution in [0, 0.1) is 17.3 Å². The molecule has 1 saturated carbocycles. The Kier molecular flexibility index (Phi) is 2.88. The highest BCUT2D eigenvalue weighted by atomic mass is 127. The van der Waals surface area contributed by atoms with E-state index in [0.717, 1.165) is 15.8 Å². The van der Waals surface area contributed by atoms with Gasteiger partial charge < -0.3 is 0 Å².